The largest absolute Gasteiger partial charge is 4.00 e. The molecule has 5 rings (SSSR count). The van der Waals surface area contributed by atoms with Crippen LogP contribution < -0.4 is 25.9 Å². The Bertz CT molecular complexity index is 1620. The number of carbonyl (C=O) groups is 2. The van der Waals surface area contributed by atoms with Crippen LogP contribution >= 0.6 is 0 Å². The maximum Gasteiger partial charge on any atom is 4.00 e. The molecule has 0 radical (unpaired) electrons. The van der Waals surface area contributed by atoms with Crippen molar-refractivity contribution in [3.63, 3.8) is 0 Å². The normalized spacial score (nSPS) is 16.1. The zero-order valence-corrected chi connectivity index (χ0v) is 24.3. The van der Waals surface area contributed by atoms with E-state index in [9.17, 15) is 50.1 Å². The Hall–Kier alpha value is -5.02. The summed E-state index contributed by atoms with van der Waals surface area (Å²) in [6.07, 6.45) is 1.54. The van der Waals surface area contributed by atoms with E-state index in [1.54, 1.807) is 0 Å². The van der Waals surface area contributed by atoms with Crippen LogP contribution in [0.5, 0.6) is 28.7 Å². The van der Waals surface area contributed by atoms with Gasteiger partial charge in [-0.3, -0.25) is 4.79 Å². The van der Waals surface area contributed by atoms with Gasteiger partial charge in [0, 0.05) is 29.8 Å². The minimum absolute atomic E-state index is 0. The van der Waals surface area contributed by atoms with Gasteiger partial charge < -0.3 is 59.1 Å². The molecule has 1 aromatic heterocycles. The van der Waals surface area contributed by atoms with E-state index in [4.69, 9.17) is 4.42 Å². The van der Waals surface area contributed by atoms with Crippen molar-refractivity contribution in [1.82, 2.24) is 0 Å². The van der Waals surface area contributed by atoms with Gasteiger partial charge in [-0.05, 0) is 51.6 Å². The van der Waals surface area contributed by atoms with Crippen molar-refractivity contribution < 1.29 is 90.4 Å². The van der Waals surface area contributed by atoms with Crippen LogP contribution in [0.1, 0.15) is 27.7 Å². The number of hydrogen-bond acceptors (Lipinski definition) is 15. The number of aromatic hydroxyl groups is 3. The summed E-state index contributed by atoms with van der Waals surface area (Å²) in [6, 6.07) is 5.13. The SMILES string of the molecule is CC1(C)OC(=O)C=C([O-])O1.CC1(C)OC(=O)C=C([O-])O1.O=c1c([O-])c(-c2ccc(O)cc2[O-])oc2cc(O)cc(O)c12.[Ti+4]. The van der Waals surface area contributed by atoms with Crippen molar-refractivity contribution in [2.75, 3.05) is 0 Å². The molecule has 2 aliphatic rings. The summed E-state index contributed by atoms with van der Waals surface area (Å²) >= 11 is 0. The minimum atomic E-state index is -1.11. The number of phenolic OH excluding ortho intramolecular Hbond substituents is 3. The van der Waals surface area contributed by atoms with E-state index in [-0.39, 0.29) is 49.7 Å². The molecule has 0 aliphatic carbocycles. The molecule has 0 bridgehead atoms. The second-order valence-corrected chi connectivity index (χ2v) is 9.38. The first-order valence-corrected chi connectivity index (χ1v) is 11.7. The van der Waals surface area contributed by atoms with Gasteiger partial charge in [-0.15, -0.1) is 0 Å². The van der Waals surface area contributed by atoms with Crippen molar-refractivity contribution in [2.45, 2.75) is 39.3 Å². The van der Waals surface area contributed by atoms with Gasteiger partial charge in [-0.2, -0.15) is 0 Å². The second kappa shape index (κ2) is 12.9. The van der Waals surface area contributed by atoms with E-state index in [1.165, 1.54) is 33.8 Å². The van der Waals surface area contributed by atoms with Gasteiger partial charge in [0.1, 0.15) is 34.0 Å². The number of fused-ring (bicyclic) bond motifs is 1. The average molecular weight is 634 g/mol. The number of carbonyl (C=O) groups excluding carboxylic acids is 2. The van der Waals surface area contributed by atoms with Crippen molar-refractivity contribution >= 4 is 22.9 Å². The standard InChI is InChI=1S/C15H10O7.2C6H8O4.Ti/c16-6-1-2-8(9(18)3-6)15-14(21)13(20)12-10(19)4-7(17)5-11(12)22-15;2*1-6(2)9-4(7)3-5(8)10-6;/h1-5,16-19,21H;2*3,7H,1-2H3;/q;;;+4/p-4. The molecule has 3 heterocycles. The molecule has 0 fully saturated rings. The molecule has 2 aromatic carbocycles. The first-order chi connectivity index (χ1) is 19.4. The van der Waals surface area contributed by atoms with E-state index in [1.807, 2.05) is 0 Å². The molecule has 0 unspecified atom stereocenters. The molecule has 0 atom stereocenters. The third kappa shape index (κ3) is 8.74. The number of cyclic esters (lactones) is 2. The first kappa shape index (κ1) is 34.2. The maximum absolute atomic E-state index is 12.1. The van der Waals surface area contributed by atoms with E-state index in [0.29, 0.717) is 0 Å². The van der Waals surface area contributed by atoms with Gasteiger partial charge >= 0.3 is 33.7 Å². The van der Waals surface area contributed by atoms with E-state index < -0.39 is 63.8 Å². The monoisotopic (exact) mass is 634 g/mol. The molecule has 0 amide bonds. The van der Waals surface area contributed by atoms with Crippen molar-refractivity contribution in [3.05, 3.63) is 64.6 Å². The summed E-state index contributed by atoms with van der Waals surface area (Å²) in [7, 11) is 0. The Balaban J connectivity index is 0.000000257. The molecule has 224 valence electrons. The van der Waals surface area contributed by atoms with Crippen LogP contribution in [0.15, 0.2) is 63.6 Å². The van der Waals surface area contributed by atoms with E-state index >= 15 is 0 Å². The number of phenols is 3. The average Bonchev–Trinajstić information content (AvgIpc) is 2.79. The Labute approximate surface area is 256 Å². The zero-order chi connectivity index (χ0) is 31.6. The topological polar surface area (TPSA) is 254 Å². The first-order valence-electron chi connectivity index (χ1n) is 11.7. The van der Waals surface area contributed by atoms with Gasteiger partial charge in [0.2, 0.25) is 0 Å². The number of ether oxygens (including phenoxy) is 4. The Morgan fingerprint density at radius 2 is 1.21 bits per heavy atom. The van der Waals surface area contributed by atoms with E-state index in [2.05, 4.69) is 18.9 Å². The summed E-state index contributed by atoms with van der Waals surface area (Å²) < 4.78 is 23.7. The summed E-state index contributed by atoms with van der Waals surface area (Å²) in [5, 5.41) is 72.8. The molecular formula is C27H22O15Ti. The summed E-state index contributed by atoms with van der Waals surface area (Å²) in [5.41, 5.74) is -1.49. The Kier molecular flexibility index (Phi) is 10.2. The number of esters is 2. The molecule has 2 aliphatic heterocycles. The van der Waals surface area contributed by atoms with Crippen LogP contribution in [-0.4, -0.2) is 38.8 Å². The van der Waals surface area contributed by atoms with Crippen LogP contribution in [-0.2, 0) is 50.3 Å². The van der Waals surface area contributed by atoms with Gasteiger partial charge in [-0.1, -0.05) is 5.75 Å². The smallest absolute Gasteiger partial charge is 0.872 e. The molecule has 43 heavy (non-hydrogen) atoms. The molecular weight excluding hydrogens is 612 g/mol. The zero-order valence-electron chi connectivity index (χ0n) is 22.8. The molecule has 3 aromatic rings. The number of hydrogen-bond donors (Lipinski definition) is 3. The molecule has 0 saturated carbocycles. The minimum Gasteiger partial charge on any atom is -0.872 e. The summed E-state index contributed by atoms with van der Waals surface area (Å²) in [5.74, 6) is -8.41. The quantitative estimate of drug-likeness (QED) is 0.230. The van der Waals surface area contributed by atoms with Crippen LogP contribution in [0.3, 0.4) is 0 Å². The fourth-order valence-electron chi connectivity index (χ4n) is 3.47. The second-order valence-electron chi connectivity index (χ2n) is 9.38. The number of benzene rings is 2. The predicted octanol–water partition coefficient (Wildman–Crippen LogP) is -0.283. The fourth-order valence-corrected chi connectivity index (χ4v) is 3.47. The summed E-state index contributed by atoms with van der Waals surface area (Å²) in [6.45, 7) is 5.98. The van der Waals surface area contributed by atoms with E-state index in [0.717, 1.165) is 36.4 Å². The van der Waals surface area contributed by atoms with Crippen molar-refractivity contribution in [3.8, 4) is 40.1 Å². The van der Waals surface area contributed by atoms with Crippen LogP contribution in [0, 0.1) is 0 Å². The third-order valence-electron chi connectivity index (χ3n) is 4.98. The molecule has 16 heteroatoms. The van der Waals surface area contributed by atoms with Gasteiger partial charge in [0.15, 0.2) is 17.0 Å². The van der Waals surface area contributed by atoms with Gasteiger partial charge in [0.05, 0.1) is 11.9 Å². The predicted molar refractivity (Wildman–Crippen MR) is 130 cm³/mol. The van der Waals surface area contributed by atoms with Crippen LogP contribution in [0.25, 0.3) is 22.3 Å². The summed E-state index contributed by atoms with van der Waals surface area (Å²) in [4.78, 5) is 33.1. The van der Waals surface area contributed by atoms with Gasteiger partial charge in [-0.25, -0.2) is 9.59 Å². The fraction of sp³-hybridized carbons (Fsp3) is 0.222. The maximum atomic E-state index is 12.1. The molecule has 0 spiro atoms. The molecule has 3 N–H and O–H groups in total. The van der Waals surface area contributed by atoms with Crippen LogP contribution in [0.2, 0.25) is 0 Å². The van der Waals surface area contributed by atoms with Gasteiger partial charge in [0.25, 0.3) is 0 Å². The molecule has 0 saturated heterocycles. The van der Waals surface area contributed by atoms with Crippen molar-refractivity contribution in [2.24, 2.45) is 0 Å². The van der Waals surface area contributed by atoms with Crippen LogP contribution in [0.4, 0.5) is 0 Å². The Morgan fingerprint density at radius 3 is 1.65 bits per heavy atom. The Morgan fingerprint density at radius 1 is 0.698 bits per heavy atom. The van der Waals surface area contributed by atoms with Crippen molar-refractivity contribution in [1.29, 1.82) is 0 Å². The number of rotatable bonds is 1. The molecule has 15 nitrogen and oxygen atoms in total. The third-order valence-corrected chi connectivity index (χ3v) is 4.98.